The second kappa shape index (κ2) is 7.43. The number of nitrogens with zero attached hydrogens (tertiary/aromatic N) is 1. The summed E-state index contributed by atoms with van der Waals surface area (Å²) in [4.78, 5) is 26.1. The summed E-state index contributed by atoms with van der Waals surface area (Å²) in [6, 6.07) is 7.90. The summed E-state index contributed by atoms with van der Waals surface area (Å²) in [5.74, 6) is -0.946. The Bertz CT molecular complexity index is 806. The van der Waals surface area contributed by atoms with E-state index < -0.39 is 18.2 Å². The Morgan fingerprint density at radius 2 is 2.12 bits per heavy atom. The van der Waals surface area contributed by atoms with Crippen molar-refractivity contribution >= 4 is 35.1 Å². The number of carbonyl (C=O) groups is 2. The fraction of sp³-hybridized carbons (Fsp3) is 0.294. The molecule has 0 aliphatic carbocycles. The molecule has 0 saturated heterocycles. The van der Waals surface area contributed by atoms with Gasteiger partial charge < -0.3 is 14.6 Å². The molecule has 3 rings (SSSR count). The minimum atomic E-state index is -0.946. The molecule has 0 spiro atoms. The number of fused-ring (bicyclic) bond motifs is 1. The molecule has 1 atom stereocenters. The van der Waals surface area contributed by atoms with Crippen molar-refractivity contribution in [2.24, 2.45) is 0 Å². The molecule has 0 amide bonds. The average Bonchev–Trinajstić information content (AvgIpc) is 2.98. The van der Waals surface area contributed by atoms with Gasteiger partial charge in [0.1, 0.15) is 6.04 Å². The summed E-state index contributed by atoms with van der Waals surface area (Å²) in [6.45, 7) is 1.02. The molecule has 1 aromatic heterocycles. The highest BCUT2D eigenvalue weighted by Gasteiger charge is 2.32. The largest absolute Gasteiger partial charge is 0.514 e. The first-order chi connectivity index (χ1) is 12.0. The van der Waals surface area contributed by atoms with E-state index in [0.717, 1.165) is 10.4 Å². The number of halogens is 1. The monoisotopic (exact) mass is 381 g/mol. The van der Waals surface area contributed by atoms with Crippen LogP contribution in [0, 0.1) is 0 Å². The molecule has 0 bridgehead atoms. The lowest BCUT2D eigenvalue weighted by Gasteiger charge is -2.32. The van der Waals surface area contributed by atoms with E-state index in [2.05, 4.69) is 4.74 Å². The van der Waals surface area contributed by atoms with E-state index in [1.165, 1.54) is 18.4 Å². The van der Waals surface area contributed by atoms with Gasteiger partial charge in [-0.15, -0.1) is 11.3 Å². The van der Waals surface area contributed by atoms with Gasteiger partial charge in [0, 0.05) is 23.0 Å². The molecule has 8 heteroatoms. The maximum atomic E-state index is 11.9. The minimum absolute atomic E-state index is 0.431. The predicted molar refractivity (Wildman–Crippen MR) is 93.3 cm³/mol. The van der Waals surface area contributed by atoms with E-state index in [0.29, 0.717) is 35.2 Å². The zero-order chi connectivity index (χ0) is 18.0. The van der Waals surface area contributed by atoms with Crippen molar-refractivity contribution < 1.29 is 24.2 Å². The fourth-order valence-corrected chi connectivity index (χ4v) is 4.15. The number of benzene rings is 1. The standard InChI is InChI=1S/C17H16ClNO5S/c1-23-17(22)24-14-8-10-9-19(7-6-13(10)25-14)15(16(20)21)11-4-2-3-5-12(11)18/h2-5,8,15H,6-7,9H2,1H3,(H,20,21)/t15-/m0/s1. The molecule has 25 heavy (non-hydrogen) atoms. The van der Waals surface area contributed by atoms with Crippen molar-refractivity contribution in [3.05, 3.63) is 51.4 Å². The lowest BCUT2D eigenvalue weighted by Crippen LogP contribution is -2.37. The Labute approximate surface area is 153 Å². The molecule has 1 aliphatic rings. The van der Waals surface area contributed by atoms with Crippen molar-refractivity contribution in [3.8, 4) is 5.06 Å². The van der Waals surface area contributed by atoms with Gasteiger partial charge in [0.05, 0.1) is 7.11 Å². The Morgan fingerprint density at radius 3 is 2.80 bits per heavy atom. The van der Waals surface area contributed by atoms with Crippen LogP contribution in [0.15, 0.2) is 30.3 Å². The van der Waals surface area contributed by atoms with Crippen LogP contribution in [0.3, 0.4) is 0 Å². The predicted octanol–water partition coefficient (Wildman–Crippen LogP) is 3.73. The quantitative estimate of drug-likeness (QED) is 0.813. The molecule has 132 valence electrons. The van der Waals surface area contributed by atoms with Crippen LogP contribution in [0.1, 0.15) is 22.0 Å². The van der Waals surface area contributed by atoms with E-state index in [-0.39, 0.29) is 0 Å². The second-order valence-electron chi connectivity index (χ2n) is 5.55. The van der Waals surface area contributed by atoms with Crippen molar-refractivity contribution in [1.29, 1.82) is 0 Å². The maximum Gasteiger partial charge on any atom is 0.514 e. The van der Waals surface area contributed by atoms with E-state index in [1.807, 2.05) is 4.90 Å². The van der Waals surface area contributed by atoms with Crippen LogP contribution in [0.25, 0.3) is 0 Å². The summed E-state index contributed by atoms with van der Waals surface area (Å²) < 4.78 is 9.56. The van der Waals surface area contributed by atoms with Gasteiger partial charge >= 0.3 is 12.1 Å². The molecule has 1 N–H and O–H groups in total. The summed E-state index contributed by atoms with van der Waals surface area (Å²) in [6.07, 6.45) is -0.0893. The third-order valence-corrected chi connectivity index (χ3v) is 5.48. The van der Waals surface area contributed by atoms with Gasteiger partial charge in [-0.3, -0.25) is 9.69 Å². The number of hydrogen-bond acceptors (Lipinski definition) is 6. The van der Waals surface area contributed by atoms with Crippen molar-refractivity contribution in [2.75, 3.05) is 13.7 Å². The molecule has 1 aromatic carbocycles. The lowest BCUT2D eigenvalue weighted by molar-refractivity contribution is -0.144. The van der Waals surface area contributed by atoms with E-state index in [1.54, 1.807) is 30.3 Å². The van der Waals surface area contributed by atoms with Gasteiger partial charge in [0.25, 0.3) is 0 Å². The van der Waals surface area contributed by atoms with Gasteiger partial charge in [-0.05, 0) is 29.7 Å². The van der Waals surface area contributed by atoms with Crippen LogP contribution in [0.5, 0.6) is 5.06 Å². The Hall–Kier alpha value is -2.09. The maximum absolute atomic E-state index is 11.9. The molecule has 1 aliphatic heterocycles. The second-order valence-corrected chi connectivity index (χ2v) is 7.06. The number of carbonyl (C=O) groups excluding carboxylic acids is 1. The summed E-state index contributed by atoms with van der Waals surface area (Å²) in [7, 11) is 1.25. The fourth-order valence-electron chi connectivity index (χ4n) is 2.90. The highest BCUT2D eigenvalue weighted by atomic mass is 35.5. The highest BCUT2D eigenvalue weighted by molar-refractivity contribution is 7.14. The number of hydrogen-bond donors (Lipinski definition) is 1. The van der Waals surface area contributed by atoms with Crippen LogP contribution >= 0.6 is 22.9 Å². The van der Waals surface area contributed by atoms with Gasteiger partial charge in [0.15, 0.2) is 5.06 Å². The number of rotatable bonds is 4. The molecule has 0 saturated carbocycles. The molecule has 0 unspecified atom stereocenters. The van der Waals surface area contributed by atoms with Crippen LogP contribution < -0.4 is 4.74 Å². The number of carboxylic acid groups (broad SMARTS) is 1. The van der Waals surface area contributed by atoms with Gasteiger partial charge in [-0.25, -0.2) is 4.79 Å². The Balaban J connectivity index is 1.84. The summed E-state index contributed by atoms with van der Waals surface area (Å²) in [5, 5.41) is 10.6. The third-order valence-electron chi connectivity index (χ3n) is 4.02. The van der Waals surface area contributed by atoms with Crippen LogP contribution in [-0.4, -0.2) is 35.8 Å². The van der Waals surface area contributed by atoms with E-state index >= 15 is 0 Å². The van der Waals surface area contributed by atoms with Crippen molar-refractivity contribution in [1.82, 2.24) is 4.90 Å². The number of aliphatic carboxylic acids is 1. The van der Waals surface area contributed by atoms with Crippen LogP contribution in [0.2, 0.25) is 5.02 Å². The summed E-state index contributed by atoms with van der Waals surface area (Å²) >= 11 is 7.58. The molecule has 0 radical (unpaired) electrons. The first-order valence-electron chi connectivity index (χ1n) is 7.58. The Morgan fingerprint density at radius 1 is 1.36 bits per heavy atom. The Kier molecular flexibility index (Phi) is 5.27. The van der Waals surface area contributed by atoms with Gasteiger partial charge in [-0.1, -0.05) is 29.8 Å². The average molecular weight is 382 g/mol. The van der Waals surface area contributed by atoms with Gasteiger partial charge in [-0.2, -0.15) is 0 Å². The van der Waals surface area contributed by atoms with E-state index in [9.17, 15) is 14.7 Å². The first kappa shape index (κ1) is 17.7. The topological polar surface area (TPSA) is 76.1 Å². The third kappa shape index (κ3) is 3.78. The number of carboxylic acids is 1. The smallest absolute Gasteiger partial charge is 0.480 e. The molecular formula is C17H16ClNO5S. The molecule has 0 fully saturated rings. The number of methoxy groups -OCH3 is 1. The summed E-state index contributed by atoms with van der Waals surface area (Å²) in [5.41, 5.74) is 1.52. The number of ether oxygens (including phenoxy) is 2. The highest BCUT2D eigenvalue weighted by Crippen LogP contribution is 2.37. The SMILES string of the molecule is COC(=O)Oc1cc2c(s1)CCN([C@H](C(=O)O)c1ccccc1Cl)C2. The van der Waals surface area contributed by atoms with Gasteiger partial charge in [0.2, 0.25) is 0 Å². The zero-order valence-electron chi connectivity index (χ0n) is 13.4. The molecule has 6 nitrogen and oxygen atoms in total. The molecule has 2 aromatic rings. The van der Waals surface area contributed by atoms with Crippen LogP contribution in [0.4, 0.5) is 4.79 Å². The normalized spacial score (nSPS) is 15.3. The van der Waals surface area contributed by atoms with Crippen LogP contribution in [-0.2, 0) is 22.5 Å². The molecular weight excluding hydrogens is 366 g/mol. The number of thiophene rings is 1. The van der Waals surface area contributed by atoms with E-state index in [4.69, 9.17) is 16.3 Å². The zero-order valence-corrected chi connectivity index (χ0v) is 15.0. The lowest BCUT2D eigenvalue weighted by atomic mass is 10.0. The minimum Gasteiger partial charge on any atom is -0.480 e. The first-order valence-corrected chi connectivity index (χ1v) is 8.77. The van der Waals surface area contributed by atoms with Crippen molar-refractivity contribution in [2.45, 2.75) is 19.0 Å². The molecule has 2 heterocycles. The van der Waals surface area contributed by atoms with Crippen molar-refractivity contribution in [3.63, 3.8) is 0 Å².